The summed E-state index contributed by atoms with van der Waals surface area (Å²) < 4.78 is 0. The first-order valence-electron chi connectivity index (χ1n) is 9.64. The van der Waals surface area contributed by atoms with Gasteiger partial charge >= 0.3 is 0 Å². The van der Waals surface area contributed by atoms with Crippen LogP contribution < -0.4 is 10.6 Å². The third-order valence-corrected chi connectivity index (χ3v) is 5.44. The highest BCUT2D eigenvalue weighted by Crippen LogP contribution is 2.23. The smallest absolute Gasteiger partial charge is 0.248 e. The summed E-state index contributed by atoms with van der Waals surface area (Å²) in [5.41, 5.74) is 4.61. The highest BCUT2D eigenvalue weighted by Gasteiger charge is 2.08. The van der Waals surface area contributed by atoms with Crippen molar-refractivity contribution in [3.05, 3.63) is 95.6 Å². The van der Waals surface area contributed by atoms with Crippen LogP contribution in [0.1, 0.15) is 16.7 Å². The monoisotopic (exact) mass is 416 g/mol. The van der Waals surface area contributed by atoms with Crippen LogP contribution in [0.15, 0.2) is 83.8 Å². The van der Waals surface area contributed by atoms with E-state index in [1.165, 1.54) is 17.8 Å². The van der Waals surface area contributed by atoms with Gasteiger partial charge in [0, 0.05) is 22.3 Å². The molecule has 3 aromatic rings. The molecule has 2 N–H and O–H groups in total. The molecule has 2 amide bonds. The third kappa shape index (κ3) is 6.36. The summed E-state index contributed by atoms with van der Waals surface area (Å²) in [7, 11) is 0. The van der Waals surface area contributed by atoms with E-state index >= 15 is 0 Å². The largest absolute Gasteiger partial charge is 0.325 e. The second-order valence-electron chi connectivity index (χ2n) is 6.86. The lowest BCUT2D eigenvalue weighted by molar-refractivity contribution is -0.114. The maximum atomic E-state index is 12.4. The van der Waals surface area contributed by atoms with Gasteiger partial charge in [-0.25, -0.2) is 0 Å². The number of aryl methyl sites for hydroxylation is 2. The fourth-order valence-electron chi connectivity index (χ4n) is 2.92. The van der Waals surface area contributed by atoms with Gasteiger partial charge in [0.15, 0.2) is 0 Å². The highest BCUT2D eigenvalue weighted by molar-refractivity contribution is 8.00. The van der Waals surface area contributed by atoms with Crippen LogP contribution in [-0.2, 0) is 9.59 Å². The van der Waals surface area contributed by atoms with Gasteiger partial charge in [0.1, 0.15) is 0 Å². The lowest BCUT2D eigenvalue weighted by atomic mass is 10.1. The number of carbonyl (C=O) groups is 2. The topological polar surface area (TPSA) is 58.2 Å². The van der Waals surface area contributed by atoms with Crippen molar-refractivity contribution < 1.29 is 9.59 Å². The van der Waals surface area contributed by atoms with E-state index in [1.807, 2.05) is 86.6 Å². The van der Waals surface area contributed by atoms with Crippen LogP contribution in [0.25, 0.3) is 6.08 Å². The van der Waals surface area contributed by atoms with Crippen molar-refractivity contribution >= 4 is 41.0 Å². The van der Waals surface area contributed by atoms with Crippen LogP contribution in [0.5, 0.6) is 0 Å². The van der Waals surface area contributed by atoms with E-state index in [2.05, 4.69) is 10.6 Å². The Bertz CT molecular complexity index is 1040. The number of thioether (sulfide) groups is 1. The molecule has 0 heterocycles. The van der Waals surface area contributed by atoms with Gasteiger partial charge in [-0.15, -0.1) is 11.8 Å². The molecule has 0 atom stereocenters. The summed E-state index contributed by atoms with van der Waals surface area (Å²) in [6.45, 7) is 3.96. The number of carbonyl (C=O) groups excluding carboxylic acids is 2. The van der Waals surface area contributed by atoms with Crippen LogP contribution in [0.2, 0.25) is 0 Å². The normalized spacial score (nSPS) is 10.7. The van der Waals surface area contributed by atoms with Crippen molar-refractivity contribution in [3.8, 4) is 0 Å². The molecule has 152 valence electrons. The minimum atomic E-state index is -0.200. The molecule has 0 saturated carbocycles. The number of anilines is 2. The molecule has 30 heavy (non-hydrogen) atoms. The molecule has 0 aliphatic carbocycles. The van der Waals surface area contributed by atoms with Crippen LogP contribution in [0, 0.1) is 13.8 Å². The van der Waals surface area contributed by atoms with E-state index in [0.717, 1.165) is 27.3 Å². The molecule has 0 aromatic heterocycles. The van der Waals surface area contributed by atoms with Gasteiger partial charge in [0.2, 0.25) is 11.8 Å². The summed E-state index contributed by atoms with van der Waals surface area (Å²) in [6.07, 6.45) is 3.28. The summed E-state index contributed by atoms with van der Waals surface area (Å²) in [5.74, 6) is 0.0328. The molecular formula is C25H24N2O2S. The summed E-state index contributed by atoms with van der Waals surface area (Å²) in [5, 5.41) is 5.84. The molecule has 0 bridgehead atoms. The molecule has 0 spiro atoms. The maximum absolute atomic E-state index is 12.4. The van der Waals surface area contributed by atoms with Gasteiger partial charge in [-0.3, -0.25) is 9.59 Å². The van der Waals surface area contributed by atoms with Crippen LogP contribution in [0.4, 0.5) is 11.4 Å². The Kier molecular flexibility index (Phi) is 7.46. The van der Waals surface area contributed by atoms with E-state index in [4.69, 9.17) is 0 Å². The molecule has 0 radical (unpaired) electrons. The summed E-state index contributed by atoms with van der Waals surface area (Å²) in [6, 6.07) is 23.1. The average molecular weight is 417 g/mol. The van der Waals surface area contributed by atoms with Gasteiger partial charge in [0.05, 0.1) is 5.75 Å². The third-order valence-electron chi connectivity index (χ3n) is 4.44. The first-order valence-corrected chi connectivity index (χ1v) is 10.6. The first-order chi connectivity index (χ1) is 14.5. The van der Waals surface area contributed by atoms with E-state index in [-0.39, 0.29) is 11.8 Å². The lowest BCUT2D eigenvalue weighted by Gasteiger charge is -2.11. The van der Waals surface area contributed by atoms with E-state index in [0.29, 0.717) is 11.4 Å². The lowest BCUT2D eigenvalue weighted by Crippen LogP contribution is -2.15. The molecule has 5 heteroatoms. The number of rotatable bonds is 7. The second kappa shape index (κ2) is 10.5. The molecular weight excluding hydrogens is 392 g/mol. The molecule has 0 fully saturated rings. The Labute approximate surface area is 181 Å². The zero-order valence-corrected chi connectivity index (χ0v) is 17.8. The van der Waals surface area contributed by atoms with E-state index < -0.39 is 0 Å². The Morgan fingerprint density at radius 3 is 2.30 bits per heavy atom. The number of nitrogens with one attached hydrogen (secondary N) is 2. The fraction of sp³-hybridized carbons (Fsp3) is 0.120. The fourth-order valence-corrected chi connectivity index (χ4v) is 3.67. The molecule has 0 aliphatic heterocycles. The Morgan fingerprint density at radius 1 is 0.867 bits per heavy atom. The summed E-state index contributed by atoms with van der Waals surface area (Å²) >= 11 is 1.43. The predicted molar refractivity (Wildman–Crippen MR) is 126 cm³/mol. The zero-order chi connectivity index (χ0) is 21.3. The van der Waals surface area contributed by atoms with Crippen molar-refractivity contribution in [2.24, 2.45) is 0 Å². The van der Waals surface area contributed by atoms with Crippen molar-refractivity contribution in [3.63, 3.8) is 0 Å². The van der Waals surface area contributed by atoms with Crippen LogP contribution in [-0.4, -0.2) is 17.6 Å². The molecule has 3 aromatic carbocycles. The van der Waals surface area contributed by atoms with Crippen molar-refractivity contribution in [1.29, 1.82) is 0 Å². The molecule has 0 saturated heterocycles. The van der Waals surface area contributed by atoms with Gasteiger partial charge < -0.3 is 10.6 Å². The van der Waals surface area contributed by atoms with Crippen LogP contribution >= 0.6 is 11.8 Å². The Morgan fingerprint density at radius 2 is 1.57 bits per heavy atom. The van der Waals surface area contributed by atoms with Gasteiger partial charge in [-0.1, -0.05) is 54.6 Å². The minimum absolute atomic E-state index is 0.0577. The number of para-hydroxylation sites is 1. The Hall–Kier alpha value is -3.31. The molecule has 0 unspecified atom stereocenters. The van der Waals surface area contributed by atoms with Gasteiger partial charge in [0.25, 0.3) is 0 Å². The highest BCUT2D eigenvalue weighted by atomic mass is 32.2. The van der Waals surface area contributed by atoms with E-state index in [9.17, 15) is 9.59 Å². The van der Waals surface area contributed by atoms with Crippen molar-refractivity contribution in [1.82, 2.24) is 0 Å². The summed E-state index contributed by atoms with van der Waals surface area (Å²) in [4.78, 5) is 25.4. The van der Waals surface area contributed by atoms with Crippen LogP contribution in [0.3, 0.4) is 0 Å². The minimum Gasteiger partial charge on any atom is -0.325 e. The number of hydrogen-bond acceptors (Lipinski definition) is 3. The van der Waals surface area contributed by atoms with E-state index in [1.54, 1.807) is 6.08 Å². The maximum Gasteiger partial charge on any atom is 0.248 e. The molecule has 4 nitrogen and oxygen atoms in total. The molecule has 3 rings (SSSR count). The van der Waals surface area contributed by atoms with Gasteiger partial charge in [-0.2, -0.15) is 0 Å². The average Bonchev–Trinajstić information content (AvgIpc) is 2.74. The standard InChI is InChI=1S/C25H24N2O2S/c1-18-8-6-9-19(2)25(18)27-24(29)17-30-22-13-7-12-21(16-22)26-23(28)15-14-20-10-4-3-5-11-20/h3-16H,17H2,1-2H3,(H,26,28)(H,27,29)/b15-14+. The van der Waals surface area contributed by atoms with Crippen molar-refractivity contribution in [2.45, 2.75) is 18.7 Å². The SMILES string of the molecule is Cc1cccc(C)c1NC(=O)CSc1cccc(NC(=O)/C=C/c2ccccc2)c1. The second-order valence-corrected chi connectivity index (χ2v) is 7.91. The molecule has 0 aliphatic rings. The predicted octanol–water partition coefficient (Wildman–Crippen LogP) is 5.69. The zero-order valence-electron chi connectivity index (χ0n) is 17.0. The van der Waals surface area contributed by atoms with Gasteiger partial charge in [-0.05, 0) is 54.8 Å². The quantitative estimate of drug-likeness (QED) is 0.384. The number of hydrogen-bond donors (Lipinski definition) is 2. The van der Waals surface area contributed by atoms with Crippen molar-refractivity contribution in [2.75, 3.05) is 16.4 Å². The Balaban J connectivity index is 1.54. The number of benzene rings is 3. The number of amides is 2. The first kappa shape index (κ1) is 21.4.